The zero-order chi connectivity index (χ0) is 27.7. The highest BCUT2D eigenvalue weighted by Gasteiger charge is 2.47. The van der Waals surface area contributed by atoms with Crippen molar-refractivity contribution in [1.82, 2.24) is 9.88 Å². The average Bonchev–Trinajstić information content (AvgIpc) is 3.48. The Morgan fingerprint density at radius 3 is 2.33 bits per heavy atom. The van der Waals surface area contributed by atoms with E-state index in [9.17, 15) is 19.1 Å². The number of aromatic nitrogens is 1. The summed E-state index contributed by atoms with van der Waals surface area (Å²) in [4.78, 5) is 31.5. The van der Waals surface area contributed by atoms with Crippen molar-refractivity contribution in [2.75, 3.05) is 27.9 Å². The molecule has 200 valence electrons. The van der Waals surface area contributed by atoms with Crippen LogP contribution in [0.3, 0.4) is 0 Å². The fourth-order valence-electron chi connectivity index (χ4n) is 4.97. The maximum Gasteiger partial charge on any atom is 0.295 e. The van der Waals surface area contributed by atoms with Gasteiger partial charge >= 0.3 is 0 Å². The number of nitrogens with zero attached hydrogens (tertiary/aromatic N) is 1. The average molecular weight is 531 g/mol. The van der Waals surface area contributed by atoms with Gasteiger partial charge in [0.25, 0.3) is 11.7 Å². The number of ketones is 1. The minimum Gasteiger partial charge on any atom is -0.507 e. The van der Waals surface area contributed by atoms with Crippen LogP contribution in [-0.4, -0.2) is 54.6 Å². The van der Waals surface area contributed by atoms with Gasteiger partial charge in [0.1, 0.15) is 28.8 Å². The molecule has 3 aromatic carbocycles. The summed E-state index contributed by atoms with van der Waals surface area (Å²) in [5.74, 6) is -0.858. The van der Waals surface area contributed by atoms with Crippen LogP contribution < -0.4 is 14.2 Å². The lowest BCUT2D eigenvalue weighted by molar-refractivity contribution is -0.139. The Balaban J connectivity index is 1.60. The number of rotatable bonds is 8. The monoisotopic (exact) mass is 530 g/mol. The minimum absolute atomic E-state index is 0.101. The molecular weight excluding hydrogens is 503 g/mol. The fraction of sp³-hybridized carbons (Fsp3) is 0.200. The number of aromatic amines is 1. The van der Waals surface area contributed by atoms with Crippen LogP contribution in [0.25, 0.3) is 16.7 Å². The van der Waals surface area contributed by atoms with E-state index in [1.165, 1.54) is 43.4 Å². The van der Waals surface area contributed by atoms with Gasteiger partial charge in [0.15, 0.2) is 0 Å². The van der Waals surface area contributed by atoms with Gasteiger partial charge in [0.2, 0.25) is 0 Å². The summed E-state index contributed by atoms with van der Waals surface area (Å²) >= 11 is 0. The minimum atomic E-state index is -0.948. The van der Waals surface area contributed by atoms with Gasteiger partial charge in [-0.15, -0.1) is 0 Å². The smallest absolute Gasteiger partial charge is 0.295 e. The molecule has 5 rings (SSSR count). The third-order valence-electron chi connectivity index (χ3n) is 6.99. The van der Waals surface area contributed by atoms with Crippen molar-refractivity contribution >= 4 is 28.4 Å². The molecule has 1 aromatic heterocycles. The number of fused-ring (bicyclic) bond motifs is 1. The number of Topliss-reactive ketones (excluding diaryl/α,β-unsaturated/α-hetero) is 1. The summed E-state index contributed by atoms with van der Waals surface area (Å²) in [5.41, 5.74) is 2.47. The number of halogens is 1. The first-order valence-electron chi connectivity index (χ1n) is 12.3. The van der Waals surface area contributed by atoms with Crippen LogP contribution in [0.5, 0.6) is 17.2 Å². The quantitative estimate of drug-likeness (QED) is 0.189. The van der Waals surface area contributed by atoms with Crippen LogP contribution in [0.15, 0.2) is 72.4 Å². The van der Waals surface area contributed by atoms with Crippen molar-refractivity contribution in [2.45, 2.75) is 12.5 Å². The third-order valence-corrected chi connectivity index (χ3v) is 6.99. The van der Waals surface area contributed by atoms with Gasteiger partial charge in [0, 0.05) is 40.8 Å². The largest absolute Gasteiger partial charge is 0.507 e. The second-order valence-corrected chi connectivity index (χ2v) is 9.08. The lowest BCUT2D eigenvalue weighted by Crippen LogP contribution is -2.31. The van der Waals surface area contributed by atoms with Crippen LogP contribution in [0.2, 0.25) is 0 Å². The molecule has 1 saturated heterocycles. The molecule has 2 heterocycles. The second-order valence-electron chi connectivity index (χ2n) is 9.08. The summed E-state index contributed by atoms with van der Waals surface area (Å²) < 4.78 is 29.8. The van der Waals surface area contributed by atoms with Gasteiger partial charge in [-0.05, 0) is 66.6 Å². The van der Waals surface area contributed by atoms with Crippen LogP contribution >= 0.6 is 0 Å². The van der Waals surface area contributed by atoms with Gasteiger partial charge in [-0.25, -0.2) is 4.39 Å². The van der Waals surface area contributed by atoms with Gasteiger partial charge in [0.05, 0.1) is 32.9 Å². The number of aliphatic hydroxyl groups is 1. The number of aliphatic hydroxyl groups excluding tert-OH is 1. The first kappa shape index (κ1) is 25.8. The third kappa shape index (κ3) is 4.67. The van der Waals surface area contributed by atoms with E-state index in [4.69, 9.17) is 14.2 Å². The Morgan fingerprint density at radius 2 is 1.64 bits per heavy atom. The van der Waals surface area contributed by atoms with Crippen molar-refractivity contribution in [3.8, 4) is 17.2 Å². The Kier molecular flexibility index (Phi) is 6.98. The summed E-state index contributed by atoms with van der Waals surface area (Å²) in [6, 6.07) is 14.9. The van der Waals surface area contributed by atoms with Crippen molar-refractivity contribution in [2.24, 2.45) is 0 Å². The Hall–Kier alpha value is -4.79. The van der Waals surface area contributed by atoms with E-state index >= 15 is 0 Å². The summed E-state index contributed by atoms with van der Waals surface area (Å²) in [6.07, 6.45) is 2.29. The Labute approximate surface area is 224 Å². The van der Waals surface area contributed by atoms with Crippen LogP contribution in [-0.2, 0) is 16.0 Å². The number of benzene rings is 3. The van der Waals surface area contributed by atoms with Gasteiger partial charge in [-0.1, -0.05) is 0 Å². The normalized spacial score (nSPS) is 16.6. The number of nitrogens with one attached hydrogen (secondary N) is 1. The highest BCUT2D eigenvalue weighted by atomic mass is 19.1. The molecule has 1 amide bonds. The molecule has 1 aliphatic rings. The first-order valence-corrected chi connectivity index (χ1v) is 12.3. The van der Waals surface area contributed by atoms with Crippen LogP contribution in [0.1, 0.15) is 22.7 Å². The molecule has 1 fully saturated rings. The number of hydrogen-bond donors (Lipinski definition) is 2. The van der Waals surface area contributed by atoms with Crippen LogP contribution in [0, 0.1) is 5.82 Å². The SMILES string of the molecule is COc1ccc(C2/C(=C(/O)c3ccc(F)cc3)C(=O)C(=O)N2CCc2c[nH]c3ccc(OC)cc23)c(OC)c1. The van der Waals surface area contributed by atoms with Gasteiger partial charge < -0.3 is 29.2 Å². The van der Waals surface area contributed by atoms with Crippen molar-refractivity contribution in [3.05, 3.63) is 94.9 Å². The van der Waals surface area contributed by atoms with Crippen LogP contribution in [0.4, 0.5) is 4.39 Å². The Bertz CT molecular complexity index is 1590. The van der Waals surface area contributed by atoms with E-state index in [0.29, 0.717) is 29.2 Å². The second kappa shape index (κ2) is 10.5. The molecule has 0 spiro atoms. The molecule has 4 aromatic rings. The molecule has 2 N–H and O–H groups in total. The standard InChI is InChI=1S/C30H27FN2O6/c1-37-20-9-11-24-23(14-20)18(16-32-24)12-13-33-27(22-10-8-21(38-2)15-25(22)39-3)26(29(35)30(33)36)28(34)17-4-6-19(31)7-5-17/h4-11,14-16,27,32,34H,12-13H2,1-3H3/b28-26-. The van der Waals surface area contributed by atoms with Gasteiger partial charge in [-0.3, -0.25) is 9.59 Å². The highest BCUT2D eigenvalue weighted by Crippen LogP contribution is 2.44. The molecule has 1 unspecified atom stereocenters. The lowest BCUT2D eigenvalue weighted by atomic mass is 9.94. The van der Waals surface area contributed by atoms with Crippen molar-refractivity contribution in [3.63, 3.8) is 0 Å². The molecule has 9 heteroatoms. The summed E-state index contributed by atoms with van der Waals surface area (Å²) in [6.45, 7) is 0.175. The predicted octanol–water partition coefficient (Wildman–Crippen LogP) is 5.00. The Morgan fingerprint density at radius 1 is 0.949 bits per heavy atom. The number of H-pyrrole nitrogens is 1. The summed E-state index contributed by atoms with van der Waals surface area (Å²) in [7, 11) is 4.59. The number of amides is 1. The number of carbonyl (C=O) groups excluding carboxylic acids is 2. The number of hydrogen-bond acceptors (Lipinski definition) is 6. The molecule has 1 atom stereocenters. The zero-order valence-corrected chi connectivity index (χ0v) is 21.7. The van der Waals surface area contributed by atoms with E-state index < -0.39 is 29.3 Å². The first-order chi connectivity index (χ1) is 18.9. The number of carbonyl (C=O) groups is 2. The topological polar surface area (TPSA) is 101 Å². The van der Waals surface area contributed by atoms with Gasteiger partial charge in [-0.2, -0.15) is 0 Å². The molecule has 0 saturated carbocycles. The molecule has 0 bridgehead atoms. The molecule has 0 radical (unpaired) electrons. The summed E-state index contributed by atoms with van der Waals surface area (Å²) in [5, 5.41) is 12.2. The lowest BCUT2D eigenvalue weighted by Gasteiger charge is -2.27. The molecule has 8 nitrogen and oxygen atoms in total. The van der Waals surface area contributed by atoms with Crippen molar-refractivity contribution < 1.29 is 33.3 Å². The predicted molar refractivity (Wildman–Crippen MR) is 144 cm³/mol. The zero-order valence-electron chi connectivity index (χ0n) is 21.7. The molecular formula is C30H27FN2O6. The highest BCUT2D eigenvalue weighted by molar-refractivity contribution is 6.46. The van der Waals surface area contributed by atoms with E-state index in [-0.39, 0.29) is 17.7 Å². The maximum absolute atomic E-state index is 13.6. The number of methoxy groups -OCH3 is 3. The van der Waals surface area contributed by atoms with E-state index in [1.807, 2.05) is 24.4 Å². The molecule has 39 heavy (non-hydrogen) atoms. The van der Waals surface area contributed by atoms with E-state index in [1.54, 1.807) is 25.3 Å². The van der Waals surface area contributed by atoms with E-state index in [2.05, 4.69) is 4.98 Å². The maximum atomic E-state index is 13.6. The number of likely N-dealkylation sites (tertiary alicyclic amines) is 1. The number of ether oxygens (including phenoxy) is 3. The molecule has 1 aliphatic heterocycles. The van der Waals surface area contributed by atoms with Crippen molar-refractivity contribution in [1.29, 1.82) is 0 Å². The van der Waals surface area contributed by atoms with E-state index in [0.717, 1.165) is 16.5 Å². The fourth-order valence-corrected chi connectivity index (χ4v) is 4.97. The molecule has 0 aliphatic carbocycles.